The van der Waals surface area contributed by atoms with E-state index in [2.05, 4.69) is 31.1 Å². The second-order valence-electron chi connectivity index (χ2n) is 8.37. The zero-order valence-corrected chi connectivity index (χ0v) is 20.4. The van der Waals surface area contributed by atoms with Gasteiger partial charge in [-0.2, -0.15) is 0 Å². The first-order valence-corrected chi connectivity index (χ1v) is 12.6. The first kappa shape index (κ1) is 23.0. The largest absolute Gasteiger partial charge is 0.376 e. The summed E-state index contributed by atoms with van der Waals surface area (Å²) >= 11 is 7.62. The van der Waals surface area contributed by atoms with E-state index in [9.17, 15) is 4.79 Å². The van der Waals surface area contributed by atoms with E-state index in [1.54, 1.807) is 0 Å². The maximum absolute atomic E-state index is 12.8. The molecule has 0 aliphatic carbocycles. The van der Waals surface area contributed by atoms with Crippen molar-refractivity contribution in [2.45, 2.75) is 49.4 Å². The van der Waals surface area contributed by atoms with Crippen LogP contribution >= 0.6 is 23.4 Å². The molecule has 4 aromatic rings. The summed E-state index contributed by atoms with van der Waals surface area (Å²) in [7, 11) is 0. The highest BCUT2D eigenvalue weighted by atomic mass is 35.5. The van der Waals surface area contributed by atoms with Crippen molar-refractivity contribution in [3.63, 3.8) is 0 Å². The molecule has 0 saturated carbocycles. The standard InChI is InChI=1S/C25H26ClN5O2S/c1-16(24(32)28-13-17-7-2-4-10-21(17)26)34-25-30-29-23(31(25)15-18-8-6-12-33-18)20-14-27-22-11-5-3-9-19(20)22/h2-5,7,9-11,14,16,18,27H,6,8,12-13,15H2,1H3,(H,28,32). The second kappa shape index (κ2) is 10.2. The van der Waals surface area contributed by atoms with Crippen LogP contribution in [-0.2, 0) is 22.6 Å². The van der Waals surface area contributed by atoms with Gasteiger partial charge in [-0.1, -0.05) is 59.8 Å². The number of amides is 1. The van der Waals surface area contributed by atoms with E-state index in [1.807, 2.05) is 55.6 Å². The molecule has 9 heteroatoms. The number of carbonyl (C=O) groups is 1. The van der Waals surface area contributed by atoms with E-state index in [1.165, 1.54) is 11.8 Å². The smallest absolute Gasteiger partial charge is 0.233 e. The number of ether oxygens (including phenoxy) is 1. The van der Waals surface area contributed by atoms with Gasteiger partial charge in [0.1, 0.15) is 0 Å². The lowest BCUT2D eigenvalue weighted by atomic mass is 10.1. The number of fused-ring (bicyclic) bond motifs is 1. The monoisotopic (exact) mass is 495 g/mol. The molecule has 2 unspecified atom stereocenters. The highest BCUT2D eigenvalue weighted by Crippen LogP contribution is 2.32. The minimum absolute atomic E-state index is 0.0785. The number of rotatable bonds is 8. The number of nitrogens with zero attached hydrogens (tertiary/aromatic N) is 3. The molecule has 1 saturated heterocycles. The average molecular weight is 496 g/mol. The van der Waals surface area contributed by atoms with E-state index in [4.69, 9.17) is 16.3 Å². The lowest BCUT2D eigenvalue weighted by Crippen LogP contribution is -2.30. The van der Waals surface area contributed by atoms with Crippen molar-refractivity contribution in [2.75, 3.05) is 6.61 Å². The van der Waals surface area contributed by atoms with Crippen molar-refractivity contribution in [3.8, 4) is 11.4 Å². The summed E-state index contributed by atoms with van der Waals surface area (Å²) in [6.07, 6.45) is 4.14. The van der Waals surface area contributed by atoms with Gasteiger partial charge in [-0.25, -0.2) is 0 Å². The molecule has 1 amide bonds. The van der Waals surface area contributed by atoms with Crippen molar-refractivity contribution < 1.29 is 9.53 Å². The number of aromatic nitrogens is 4. The molecule has 0 radical (unpaired) electrons. The molecule has 1 aliphatic rings. The summed E-state index contributed by atoms with van der Waals surface area (Å²) < 4.78 is 8.00. The highest BCUT2D eigenvalue weighted by Gasteiger charge is 2.25. The van der Waals surface area contributed by atoms with Crippen molar-refractivity contribution in [1.29, 1.82) is 0 Å². The van der Waals surface area contributed by atoms with Crippen LogP contribution in [-0.4, -0.2) is 43.6 Å². The average Bonchev–Trinajstić information content (AvgIpc) is 3.59. The SMILES string of the molecule is CC(Sc1nnc(-c2c[nH]c3ccccc23)n1CC1CCCO1)C(=O)NCc1ccccc1Cl. The van der Waals surface area contributed by atoms with E-state index >= 15 is 0 Å². The van der Waals surface area contributed by atoms with Crippen LogP contribution in [0.25, 0.3) is 22.3 Å². The Bertz CT molecular complexity index is 1300. The Balaban J connectivity index is 1.37. The van der Waals surface area contributed by atoms with Gasteiger partial charge in [-0.15, -0.1) is 10.2 Å². The van der Waals surface area contributed by atoms with Gasteiger partial charge >= 0.3 is 0 Å². The van der Waals surface area contributed by atoms with Gasteiger partial charge in [0.15, 0.2) is 11.0 Å². The summed E-state index contributed by atoms with van der Waals surface area (Å²) in [5.41, 5.74) is 2.92. The van der Waals surface area contributed by atoms with Crippen LogP contribution < -0.4 is 5.32 Å². The molecule has 1 aliphatic heterocycles. The van der Waals surface area contributed by atoms with Gasteiger partial charge in [0.25, 0.3) is 0 Å². The van der Waals surface area contributed by atoms with Crippen molar-refractivity contribution in [3.05, 3.63) is 65.3 Å². The molecular formula is C25H26ClN5O2S. The number of aromatic amines is 1. The zero-order chi connectivity index (χ0) is 23.5. The fraction of sp³-hybridized carbons (Fsp3) is 0.320. The van der Waals surface area contributed by atoms with Crippen LogP contribution in [0.3, 0.4) is 0 Å². The summed E-state index contributed by atoms with van der Waals surface area (Å²) in [6.45, 7) is 3.69. The van der Waals surface area contributed by atoms with Crippen molar-refractivity contribution in [2.24, 2.45) is 0 Å². The Labute approximate surface area is 207 Å². The molecule has 0 spiro atoms. The van der Waals surface area contributed by atoms with Gasteiger partial charge < -0.3 is 15.0 Å². The number of thioether (sulfide) groups is 1. The van der Waals surface area contributed by atoms with Crippen LogP contribution in [0.15, 0.2) is 59.9 Å². The van der Waals surface area contributed by atoms with Crippen molar-refractivity contribution in [1.82, 2.24) is 25.1 Å². The molecule has 176 valence electrons. The molecule has 2 aromatic heterocycles. The van der Waals surface area contributed by atoms with Gasteiger partial charge in [0, 0.05) is 40.8 Å². The van der Waals surface area contributed by atoms with Crippen LogP contribution in [0.4, 0.5) is 0 Å². The quantitative estimate of drug-likeness (QED) is 0.334. The normalized spacial score (nSPS) is 16.7. The molecule has 34 heavy (non-hydrogen) atoms. The van der Waals surface area contributed by atoms with E-state index in [0.717, 1.165) is 47.3 Å². The lowest BCUT2D eigenvalue weighted by molar-refractivity contribution is -0.120. The summed E-state index contributed by atoms with van der Waals surface area (Å²) in [5.74, 6) is 0.698. The maximum Gasteiger partial charge on any atom is 0.233 e. The molecule has 3 heterocycles. The molecule has 0 bridgehead atoms. The van der Waals surface area contributed by atoms with Crippen LogP contribution in [0, 0.1) is 0 Å². The van der Waals surface area contributed by atoms with Crippen molar-refractivity contribution >= 4 is 40.2 Å². The zero-order valence-electron chi connectivity index (χ0n) is 18.8. The Kier molecular flexibility index (Phi) is 6.89. The number of halogens is 1. The number of para-hydroxylation sites is 1. The molecule has 2 aromatic carbocycles. The lowest BCUT2D eigenvalue weighted by Gasteiger charge is -2.16. The Hall–Kier alpha value is -2.81. The van der Waals surface area contributed by atoms with Crippen LogP contribution in [0.2, 0.25) is 5.02 Å². The van der Waals surface area contributed by atoms with Gasteiger partial charge in [-0.05, 0) is 37.5 Å². The number of benzene rings is 2. The third-order valence-corrected chi connectivity index (χ3v) is 7.47. The number of hydrogen-bond donors (Lipinski definition) is 2. The van der Waals surface area contributed by atoms with E-state index < -0.39 is 0 Å². The highest BCUT2D eigenvalue weighted by molar-refractivity contribution is 8.00. The molecule has 7 nitrogen and oxygen atoms in total. The molecule has 2 N–H and O–H groups in total. The van der Waals surface area contributed by atoms with Crippen LogP contribution in [0.5, 0.6) is 0 Å². The summed E-state index contributed by atoms with van der Waals surface area (Å²) in [5, 5.41) is 14.1. The molecule has 1 fully saturated rings. The van der Waals surface area contributed by atoms with Crippen LogP contribution in [0.1, 0.15) is 25.3 Å². The Morgan fingerprint density at radius 3 is 2.91 bits per heavy atom. The minimum atomic E-state index is -0.356. The number of nitrogens with one attached hydrogen (secondary N) is 2. The molecule has 5 rings (SSSR count). The predicted molar refractivity (Wildman–Crippen MR) is 135 cm³/mol. The van der Waals surface area contributed by atoms with E-state index in [-0.39, 0.29) is 17.3 Å². The number of hydrogen-bond acceptors (Lipinski definition) is 5. The fourth-order valence-electron chi connectivity index (χ4n) is 4.17. The number of H-pyrrole nitrogens is 1. The predicted octanol–water partition coefficient (Wildman–Crippen LogP) is 5.06. The Morgan fingerprint density at radius 2 is 2.09 bits per heavy atom. The fourth-order valence-corrected chi connectivity index (χ4v) is 5.25. The van der Waals surface area contributed by atoms with Gasteiger partial charge in [0.2, 0.25) is 5.91 Å². The first-order chi connectivity index (χ1) is 16.6. The molecule has 2 atom stereocenters. The molecular weight excluding hydrogens is 470 g/mol. The first-order valence-electron chi connectivity index (χ1n) is 11.4. The third kappa shape index (κ3) is 4.85. The van der Waals surface area contributed by atoms with E-state index in [0.29, 0.717) is 23.3 Å². The summed E-state index contributed by atoms with van der Waals surface area (Å²) in [6, 6.07) is 15.6. The topological polar surface area (TPSA) is 84.8 Å². The van der Waals surface area contributed by atoms with Gasteiger partial charge in [0.05, 0.1) is 17.9 Å². The number of carbonyl (C=O) groups excluding carboxylic acids is 1. The minimum Gasteiger partial charge on any atom is -0.376 e. The second-order valence-corrected chi connectivity index (χ2v) is 10.1. The maximum atomic E-state index is 12.8. The van der Waals surface area contributed by atoms with Gasteiger partial charge in [-0.3, -0.25) is 9.36 Å². The Morgan fingerprint density at radius 1 is 1.26 bits per heavy atom. The summed E-state index contributed by atoms with van der Waals surface area (Å²) in [4.78, 5) is 16.2. The third-order valence-electron chi connectivity index (χ3n) is 6.02.